The third kappa shape index (κ3) is 2.04. The first-order valence-corrected chi connectivity index (χ1v) is 5.48. The molecule has 94 valence electrons. The summed E-state index contributed by atoms with van der Waals surface area (Å²) in [7, 11) is 1.58. The number of aromatic nitrogens is 3. The van der Waals surface area contributed by atoms with E-state index in [1.54, 1.807) is 36.1 Å². The molecule has 0 unspecified atom stereocenters. The molecule has 0 amide bonds. The van der Waals surface area contributed by atoms with Crippen LogP contribution >= 0.6 is 0 Å². The summed E-state index contributed by atoms with van der Waals surface area (Å²) in [5.41, 5.74) is 1.22. The van der Waals surface area contributed by atoms with Crippen LogP contribution in [0.2, 0.25) is 0 Å². The Labute approximate surface area is 104 Å². The maximum atomic E-state index is 11.1. The second kappa shape index (κ2) is 4.87. The third-order valence-corrected chi connectivity index (χ3v) is 2.60. The van der Waals surface area contributed by atoms with E-state index in [1.807, 2.05) is 6.92 Å². The maximum absolute atomic E-state index is 11.1. The molecule has 6 heteroatoms. The SMILES string of the molecule is CCn1nnc(C(=O)O)c1-c1ccc(OC)cc1. The lowest BCUT2D eigenvalue weighted by Gasteiger charge is -2.06. The Hall–Kier alpha value is -2.37. The van der Waals surface area contributed by atoms with Crippen molar-refractivity contribution in [2.75, 3.05) is 7.11 Å². The van der Waals surface area contributed by atoms with E-state index in [0.717, 1.165) is 5.56 Å². The number of carboxylic acids is 1. The Morgan fingerprint density at radius 2 is 2.06 bits per heavy atom. The largest absolute Gasteiger partial charge is 0.497 e. The number of rotatable bonds is 4. The van der Waals surface area contributed by atoms with Crippen molar-refractivity contribution in [3.05, 3.63) is 30.0 Å². The normalized spacial score (nSPS) is 10.3. The molecule has 1 N–H and O–H groups in total. The Bertz CT molecular complexity index is 560. The molecule has 0 spiro atoms. The van der Waals surface area contributed by atoms with Gasteiger partial charge in [-0.15, -0.1) is 5.10 Å². The van der Waals surface area contributed by atoms with E-state index in [1.165, 1.54) is 0 Å². The van der Waals surface area contributed by atoms with Gasteiger partial charge in [-0.2, -0.15) is 0 Å². The highest BCUT2D eigenvalue weighted by Crippen LogP contribution is 2.24. The number of ether oxygens (including phenoxy) is 1. The predicted octanol–water partition coefficient (Wildman–Crippen LogP) is 1.67. The predicted molar refractivity (Wildman–Crippen MR) is 64.6 cm³/mol. The van der Waals surface area contributed by atoms with Crippen LogP contribution in [0.5, 0.6) is 5.75 Å². The smallest absolute Gasteiger partial charge is 0.358 e. The van der Waals surface area contributed by atoms with Crippen LogP contribution in [0.4, 0.5) is 0 Å². The fraction of sp³-hybridized carbons (Fsp3) is 0.250. The number of carboxylic acid groups (broad SMARTS) is 1. The zero-order valence-corrected chi connectivity index (χ0v) is 10.1. The number of aromatic carboxylic acids is 1. The van der Waals surface area contributed by atoms with E-state index < -0.39 is 5.97 Å². The number of hydrogen-bond donors (Lipinski definition) is 1. The molecular formula is C12H13N3O3. The lowest BCUT2D eigenvalue weighted by molar-refractivity contribution is 0.0691. The van der Waals surface area contributed by atoms with E-state index in [-0.39, 0.29) is 5.69 Å². The third-order valence-electron chi connectivity index (χ3n) is 2.60. The molecule has 18 heavy (non-hydrogen) atoms. The van der Waals surface area contributed by atoms with E-state index >= 15 is 0 Å². The second-order valence-corrected chi connectivity index (χ2v) is 3.64. The molecule has 0 bridgehead atoms. The first kappa shape index (κ1) is 12.1. The minimum Gasteiger partial charge on any atom is -0.497 e. The van der Waals surface area contributed by atoms with Crippen molar-refractivity contribution in [2.24, 2.45) is 0 Å². The van der Waals surface area contributed by atoms with Crippen LogP contribution in [0.1, 0.15) is 17.4 Å². The van der Waals surface area contributed by atoms with Crippen LogP contribution in [0, 0.1) is 0 Å². The number of methoxy groups -OCH3 is 1. The maximum Gasteiger partial charge on any atom is 0.358 e. The molecule has 0 saturated heterocycles. The second-order valence-electron chi connectivity index (χ2n) is 3.64. The van der Waals surface area contributed by atoms with Crippen LogP contribution in [0.15, 0.2) is 24.3 Å². The summed E-state index contributed by atoms with van der Waals surface area (Å²) in [4.78, 5) is 11.1. The van der Waals surface area contributed by atoms with Gasteiger partial charge in [0.1, 0.15) is 11.4 Å². The van der Waals surface area contributed by atoms with Crippen molar-refractivity contribution in [1.29, 1.82) is 0 Å². The number of aryl methyl sites for hydroxylation is 1. The molecule has 0 aliphatic rings. The first-order chi connectivity index (χ1) is 8.67. The van der Waals surface area contributed by atoms with Gasteiger partial charge < -0.3 is 9.84 Å². The summed E-state index contributed by atoms with van der Waals surface area (Å²) in [6.07, 6.45) is 0. The summed E-state index contributed by atoms with van der Waals surface area (Å²) < 4.78 is 6.63. The van der Waals surface area contributed by atoms with Crippen LogP contribution in [0.25, 0.3) is 11.3 Å². The van der Waals surface area contributed by atoms with Crippen molar-refractivity contribution in [1.82, 2.24) is 15.0 Å². The zero-order chi connectivity index (χ0) is 13.1. The molecular weight excluding hydrogens is 234 g/mol. The summed E-state index contributed by atoms with van der Waals surface area (Å²) in [6, 6.07) is 7.12. The van der Waals surface area contributed by atoms with Crippen molar-refractivity contribution < 1.29 is 14.6 Å². The van der Waals surface area contributed by atoms with Gasteiger partial charge in [-0.1, -0.05) is 5.21 Å². The topological polar surface area (TPSA) is 77.2 Å². The molecule has 0 saturated carbocycles. The molecule has 1 aromatic heterocycles. The van der Waals surface area contributed by atoms with E-state index in [2.05, 4.69) is 10.3 Å². The van der Waals surface area contributed by atoms with Gasteiger partial charge in [-0.3, -0.25) is 0 Å². The number of carbonyl (C=O) groups is 1. The van der Waals surface area contributed by atoms with Gasteiger partial charge in [0.15, 0.2) is 5.69 Å². The summed E-state index contributed by atoms with van der Waals surface area (Å²) in [5.74, 6) is -0.369. The lowest BCUT2D eigenvalue weighted by Crippen LogP contribution is -2.03. The highest BCUT2D eigenvalue weighted by atomic mass is 16.5. The Morgan fingerprint density at radius 1 is 1.39 bits per heavy atom. The average Bonchev–Trinajstić information content (AvgIpc) is 2.82. The Balaban J connectivity index is 2.53. The molecule has 0 radical (unpaired) electrons. The van der Waals surface area contributed by atoms with E-state index in [0.29, 0.717) is 18.0 Å². The van der Waals surface area contributed by atoms with Crippen molar-refractivity contribution in [3.8, 4) is 17.0 Å². The van der Waals surface area contributed by atoms with Crippen molar-refractivity contribution in [3.63, 3.8) is 0 Å². The quantitative estimate of drug-likeness (QED) is 0.889. The fourth-order valence-corrected chi connectivity index (χ4v) is 1.71. The zero-order valence-electron chi connectivity index (χ0n) is 10.1. The lowest BCUT2D eigenvalue weighted by atomic mass is 10.1. The highest BCUT2D eigenvalue weighted by Gasteiger charge is 2.19. The highest BCUT2D eigenvalue weighted by molar-refractivity contribution is 5.92. The molecule has 0 fully saturated rings. The molecule has 0 aliphatic heterocycles. The van der Waals surface area contributed by atoms with Crippen molar-refractivity contribution >= 4 is 5.97 Å². The van der Waals surface area contributed by atoms with Gasteiger partial charge in [0.05, 0.1) is 7.11 Å². The van der Waals surface area contributed by atoms with Crippen LogP contribution < -0.4 is 4.74 Å². The minimum absolute atomic E-state index is 0.0398. The van der Waals surface area contributed by atoms with Gasteiger partial charge in [0.2, 0.25) is 0 Å². The van der Waals surface area contributed by atoms with Gasteiger partial charge in [-0.05, 0) is 31.2 Å². The molecule has 2 aromatic rings. The summed E-state index contributed by atoms with van der Waals surface area (Å²) >= 11 is 0. The van der Waals surface area contributed by atoms with E-state index in [9.17, 15) is 4.79 Å². The summed E-state index contributed by atoms with van der Waals surface area (Å²) in [5, 5.41) is 16.6. The number of benzene rings is 1. The number of nitrogens with zero attached hydrogens (tertiary/aromatic N) is 3. The average molecular weight is 247 g/mol. The molecule has 1 heterocycles. The molecule has 6 nitrogen and oxygen atoms in total. The van der Waals surface area contributed by atoms with E-state index in [4.69, 9.17) is 9.84 Å². The first-order valence-electron chi connectivity index (χ1n) is 5.48. The van der Waals surface area contributed by atoms with Crippen LogP contribution in [0.3, 0.4) is 0 Å². The summed E-state index contributed by atoms with van der Waals surface area (Å²) in [6.45, 7) is 2.44. The Kier molecular flexibility index (Phi) is 3.27. The molecule has 0 aliphatic carbocycles. The fourth-order valence-electron chi connectivity index (χ4n) is 1.71. The monoisotopic (exact) mass is 247 g/mol. The number of hydrogen-bond acceptors (Lipinski definition) is 4. The van der Waals surface area contributed by atoms with Crippen LogP contribution in [-0.2, 0) is 6.54 Å². The minimum atomic E-state index is -1.08. The molecule has 0 atom stereocenters. The molecule has 1 aromatic carbocycles. The van der Waals surface area contributed by atoms with Crippen molar-refractivity contribution in [2.45, 2.75) is 13.5 Å². The van der Waals surface area contributed by atoms with Crippen LogP contribution in [-0.4, -0.2) is 33.2 Å². The standard InChI is InChI=1S/C12H13N3O3/c1-3-15-11(10(12(16)17)13-14-15)8-4-6-9(18-2)7-5-8/h4-7H,3H2,1-2H3,(H,16,17). The molecule has 2 rings (SSSR count). The van der Waals surface area contributed by atoms with Gasteiger partial charge in [-0.25, -0.2) is 9.48 Å². The Morgan fingerprint density at radius 3 is 2.56 bits per heavy atom. The van der Waals surface area contributed by atoms with Gasteiger partial charge >= 0.3 is 5.97 Å². The van der Waals surface area contributed by atoms with Gasteiger partial charge in [0, 0.05) is 12.1 Å². The van der Waals surface area contributed by atoms with Gasteiger partial charge in [0.25, 0.3) is 0 Å².